The molecule has 24 heavy (non-hydrogen) atoms. The fourth-order valence-electron chi connectivity index (χ4n) is 2.19. The number of imide groups is 1. The number of carbonyl (C=O) groups excluding carboxylic acids is 2. The normalized spacial score (nSPS) is 10.8. The zero-order chi connectivity index (χ0) is 17.7. The first-order chi connectivity index (χ1) is 11.3. The Hall–Kier alpha value is -2.82. The van der Waals surface area contributed by atoms with Gasteiger partial charge in [-0.05, 0) is 35.2 Å². The van der Waals surface area contributed by atoms with Crippen LogP contribution in [0.25, 0.3) is 0 Å². The van der Waals surface area contributed by atoms with Crippen LogP contribution in [0.5, 0.6) is 5.75 Å². The van der Waals surface area contributed by atoms with E-state index in [9.17, 15) is 9.59 Å². The van der Waals surface area contributed by atoms with Crippen LogP contribution in [0.15, 0.2) is 48.5 Å². The highest BCUT2D eigenvalue weighted by Gasteiger charge is 2.17. The number of hydrogen-bond donors (Lipinski definition) is 2. The van der Waals surface area contributed by atoms with Gasteiger partial charge in [0.1, 0.15) is 5.75 Å². The summed E-state index contributed by atoms with van der Waals surface area (Å²) in [6.07, 6.45) is 0. The van der Waals surface area contributed by atoms with Gasteiger partial charge in [0.2, 0.25) is 0 Å². The summed E-state index contributed by atoms with van der Waals surface area (Å²) in [6, 6.07) is 13.6. The van der Waals surface area contributed by atoms with Gasteiger partial charge in [-0.15, -0.1) is 0 Å². The summed E-state index contributed by atoms with van der Waals surface area (Å²) in [4.78, 5) is 24.1. The van der Waals surface area contributed by atoms with E-state index in [1.165, 1.54) is 7.11 Å². The van der Waals surface area contributed by atoms with Gasteiger partial charge in [0, 0.05) is 5.56 Å². The van der Waals surface area contributed by atoms with Crippen molar-refractivity contribution in [3.8, 4) is 5.75 Å². The lowest BCUT2D eigenvalue weighted by atomic mass is 9.87. The zero-order valence-electron chi connectivity index (χ0n) is 14.3. The highest BCUT2D eigenvalue weighted by Crippen LogP contribution is 2.31. The Kier molecular flexibility index (Phi) is 5.24. The second-order valence-corrected chi connectivity index (χ2v) is 6.44. The Morgan fingerprint density at radius 1 is 1.00 bits per heavy atom. The van der Waals surface area contributed by atoms with Crippen molar-refractivity contribution in [1.82, 2.24) is 5.32 Å². The predicted molar refractivity (Wildman–Crippen MR) is 94.6 cm³/mol. The molecule has 2 N–H and O–H groups in total. The molecular formula is C19H22N2O3. The van der Waals surface area contributed by atoms with E-state index >= 15 is 0 Å². The van der Waals surface area contributed by atoms with Crippen molar-refractivity contribution >= 4 is 17.6 Å². The number of hydrogen-bond acceptors (Lipinski definition) is 3. The predicted octanol–water partition coefficient (Wildman–Crippen LogP) is 3.95. The van der Waals surface area contributed by atoms with E-state index in [-0.39, 0.29) is 5.41 Å². The quantitative estimate of drug-likeness (QED) is 0.897. The van der Waals surface area contributed by atoms with Gasteiger partial charge in [0.25, 0.3) is 5.91 Å². The van der Waals surface area contributed by atoms with Gasteiger partial charge >= 0.3 is 6.03 Å². The summed E-state index contributed by atoms with van der Waals surface area (Å²) >= 11 is 0. The maximum Gasteiger partial charge on any atom is 0.326 e. The van der Waals surface area contributed by atoms with Crippen LogP contribution in [-0.4, -0.2) is 19.0 Å². The fraction of sp³-hybridized carbons (Fsp3) is 0.263. The molecule has 0 atom stereocenters. The topological polar surface area (TPSA) is 67.4 Å². The number of rotatable bonds is 3. The molecule has 126 valence electrons. The lowest BCUT2D eigenvalue weighted by Gasteiger charge is -2.21. The summed E-state index contributed by atoms with van der Waals surface area (Å²) in [7, 11) is 1.53. The van der Waals surface area contributed by atoms with E-state index in [1.54, 1.807) is 36.4 Å². The molecule has 0 aliphatic carbocycles. The Balaban J connectivity index is 2.14. The average molecular weight is 326 g/mol. The summed E-state index contributed by atoms with van der Waals surface area (Å²) in [5, 5.41) is 4.99. The van der Waals surface area contributed by atoms with Gasteiger partial charge in [-0.3, -0.25) is 10.1 Å². The van der Waals surface area contributed by atoms with Crippen LogP contribution in [0.2, 0.25) is 0 Å². The van der Waals surface area contributed by atoms with Gasteiger partial charge in [-0.25, -0.2) is 4.79 Å². The number of ether oxygens (including phenoxy) is 1. The first kappa shape index (κ1) is 17.5. The second-order valence-electron chi connectivity index (χ2n) is 6.44. The van der Waals surface area contributed by atoms with Crippen molar-refractivity contribution in [1.29, 1.82) is 0 Å². The van der Waals surface area contributed by atoms with Crippen molar-refractivity contribution in [3.05, 3.63) is 59.7 Å². The lowest BCUT2D eigenvalue weighted by molar-refractivity contribution is 0.0967. The highest BCUT2D eigenvalue weighted by atomic mass is 16.5. The molecule has 0 saturated heterocycles. The lowest BCUT2D eigenvalue weighted by Crippen LogP contribution is -2.34. The van der Waals surface area contributed by atoms with Gasteiger partial charge in [0.05, 0.1) is 12.8 Å². The number of amides is 3. The maximum atomic E-state index is 12.1. The number of carbonyl (C=O) groups is 2. The standard InChI is InChI=1S/C19H22N2O3/c1-19(2,3)14-10-11-16(24-4)15(12-14)20-18(23)21-17(22)13-8-6-5-7-9-13/h5-12H,1-4H3,(H2,20,21,22,23). The van der Waals surface area contributed by atoms with E-state index in [4.69, 9.17) is 4.74 Å². The van der Waals surface area contributed by atoms with Crippen molar-refractivity contribution in [3.63, 3.8) is 0 Å². The largest absolute Gasteiger partial charge is 0.495 e. The molecule has 2 rings (SSSR count). The molecule has 0 fully saturated rings. The van der Waals surface area contributed by atoms with Crippen LogP contribution in [0.1, 0.15) is 36.7 Å². The molecule has 0 radical (unpaired) electrons. The Morgan fingerprint density at radius 3 is 2.25 bits per heavy atom. The minimum absolute atomic E-state index is 0.0704. The molecule has 2 aromatic rings. The third-order valence-electron chi connectivity index (χ3n) is 3.58. The number of anilines is 1. The first-order valence-electron chi connectivity index (χ1n) is 7.67. The Bertz CT molecular complexity index is 734. The number of urea groups is 1. The first-order valence-corrected chi connectivity index (χ1v) is 7.67. The van der Waals surface area contributed by atoms with Gasteiger partial charge in [-0.2, -0.15) is 0 Å². The molecule has 0 bridgehead atoms. The molecule has 0 unspecified atom stereocenters. The van der Waals surface area contributed by atoms with Gasteiger partial charge < -0.3 is 10.1 Å². The van der Waals surface area contributed by atoms with Crippen molar-refractivity contribution in [2.75, 3.05) is 12.4 Å². The minimum Gasteiger partial charge on any atom is -0.495 e. The molecule has 0 heterocycles. The zero-order valence-corrected chi connectivity index (χ0v) is 14.3. The molecular weight excluding hydrogens is 304 g/mol. The van der Waals surface area contributed by atoms with Crippen molar-refractivity contribution in [2.24, 2.45) is 0 Å². The van der Waals surface area contributed by atoms with Crippen LogP contribution in [0.3, 0.4) is 0 Å². The van der Waals surface area contributed by atoms with Crippen LogP contribution in [0.4, 0.5) is 10.5 Å². The summed E-state index contributed by atoms with van der Waals surface area (Å²) < 4.78 is 5.28. The monoisotopic (exact) mass is 326 g/mol. The summed E-state index contributed by atoms with van der Waals surface area (Å²) in [6.45, 7) is 6.24. The van der Waals surface area contributed by atoms with E-state index in [2.05, 4.69) is 31.4 Å². The summed E-state index contributed by atoms with van der Waals surface area (Å²) in [5.74, 6) is 0.0735. The molecule has 0 aromatic heterocycles. The van der Waals surface area contributed by atoms with Gasteiger partial charge in [-0.1, -0.05) is 45.0 Å². The van der Waals surface area contributed by atoms with E-state index < -0.39 is 11.9 Å². The third-order valence-corrected chi connectivity index (χ3v) is 3.58. The van der Waals surface area contributed by atoms with E-state index in [0.717, 1.165) is 5.56 Å². The Labute approximate surface area is 142 Å². The third kappa shape index (κ3) is 4.35. The molecule has 5 heteroatoms. The van der Waals surface area contributed by atoms with E-state index in [0.29, 0.717) is 17.0 Å². The van der Waals surface area contributed by atoms with Crippen LogP contribution in [0, 0.1) is 0 Å². The van der Waals surface area contributed by atoms with E-state index in [1.807, 2.05) is 12.1 Å². The molecule has 0 saturated carbocycles. The van der Waals surface area contributed by atoms with Crippen LogP contribution < -0.4 is 15.4 Å². The van der Waals surface area contributed by atoms with Crippen LogP contribution >= 0.6 is 0 Å². The molecule has 0 aliphatic rings. The second kappa shape index (κ2) is 7.17. The highest BCUT2D eigenvalue weighted by molar-refractivity contribution is 6.08. The molecule has 2 aromatic carbocycles. The van der Waals surface area contributed by atoms with Crippen molar-refractivity contribution < 1.29 is 14.3 Å². The SMILES string of the molecule is COc1ccc(C(C)(C)C)cc1NC(=O)NC(=O)c1ccccc1. The molecule has 0 spiro atoms. The minimum atomic E-state index is -0.604. The average Bonchev–Trinajstić information content (AvgIpc) is 2.54. The van der Waals surface area contributed by atoms with Crippen molar-refractivity contribution in [2.45, 2.75) is 26.2 Å². The summed E-state index contributed by atoms with van der Waals surface area (Å²) in [5.41, 5.74) is 1.92. The Morgan fingerprint density at radius 2 is 1.67 bits per heavy atom. The molecule has 5 nitrogen and oxygen atoms in total. The van der Waals surface area contributed by atoms with Gasteiger partial charge in [0.15, 0.2) is 0 Å². The number of nitrogens with one attached hydrogen (secondary N) is 2. The fourth-order valence-corrected chi connectivity index (χ4v) is 2.19. The number of benzene rings is 2. The van der Waals surface area contributed by atoms with Crippen LogP contribution in [-0.2, 0) is 5.41 Å². The number of methoxy groups -OCH3 is 1. The smallest absolute Gasteiger partial charge is 0.326 e. The maximum absolute atomic E-state index is 12.1. The molecule has 0 aliphatic heterocycles. The molecule has 3 amide bonds.